The molecule has 1 rings (SSSR count). The fourth-order valence-electron chi connectivity index (χ4n) is 3.77. The van der Waals surface area contributed by atoms with Crippen LogP contribution in [-0.2, 0) is 25.6 Å². The Kier molecular flexibility index (Phi) is 15.5. The molecule has 224 valence electrons. The zero-order valence-corrected chi connectivity index (χ0v) is 24.1. The first-order valence-electron chi connectivity index (χ1n) is 13.1. The maximum atomic E-state index is 13.3. The summed E-state index contributed by atoms with van der Waals surface area (Å²) in [6.07, 6.45) is 3.00. The van der Waals surface area contributed by atoms with E-state index in [1.165, 1.54) is 23.9 Å². The van der Waals surface area contributed by atoms with E-state index in [9.17, 15) is 29.4 Å². The van der Waals surface area contributed by atoms with E-state index < -0.39 is 47.9 Å². The van der Waals surface area contributed by atoms with Gasteiger partial charge in [0.05, 0.1) is 6.04 Å². The van der Waals surface area contributed by atoms with Crippen molar-refractivity contribution in [2.45, 2.75) is 70.1 Å². The SMILES string of the molecule is CSCCC(NC(=O)C(CC(C)C)NC(=O)C(N)Cc1ccc(O)cc1)C(=O)NC(CCCN=C(N)N)C(=O)O. The molecule has 0 aliphatic heterocycles. The summed E-state index contributed by atoms with van der Waals surface area (Å²) in [5.74, 6) is -2.43. The van der Waals surface area contributed by atoms with Gasteiger partial charge in [-0.25, -0.2) is 4.79 Å². The molecule has 0 saturated heterocycles. The van der Waals surface area contributed by atoms with Gasteiger partial charge in [0.25, 0.3) is 0 Å². The van der Waals surface area contributed by atoms with E-state index in [2.05, 4.69) is 20.9 Å². The van der Waals surface area contributed by atoms with Crippen LogP contribution in [0.25, 0.3) is 0 Å². The number of phenols is 1. The van der Waals surface area contributed by atoms with Crippen molar-refractivity contribution in [3.63, 3.8) is 0 Å². The number of carboxylic acid groups (broad SMARTS) is 1. The number of hydrogen-bond donors (Lipinski definition) is 8. The Hall–Kier alpha value is -3.52. The number of carbonyl (C=O) groups is 4. The smallest absolute Gasteiger partial charge is 0.326 e. The van der Waals surface area contributed by atoms with E-state index in [-0.39, 0.29) is 43.4 Å². The molecule has 40 heavy (non-hydrogen) atoms. The number of thioether (sulfide) groups is 1. The number of nitrogens with two attached hydrogens (primary N) is 3. The average molecular weight is 582 g/mol. The highest BCUT2D eigenvalue weighted by Gasteiger charge is 2.30. The molecule has 0 bridgehead atoms. The molecule has 0 aromatic heterocycles. The van der Waals surface area contributed by atoms with E-state index in [0.717, 1.165) is 5.56 Å². The van der Waals surface area contributed by atoms with Crippen LogP contribution in [0.4, 0.5) is 0 Å². The lowest BCUT2D eigenvalue weighted by atomic mass is 10.0. The Bertz CT molecular complexity index is 1000. The standard InChI is InChI=1S/C26H43N7O6S/c1-15(2)13-21(33-22(35)18(27)14-16-6-8-17(34)9-7-16)24(37)31-19(10-12-40-3)23(36)32-20(25(38)39)5-4-11-30-26(28)29/h6-9,15,18-21,34H,4-5,10-14,27H2,1-3H3,(H,31,37)(H,32,36)(H,33,35)(H,38,39)(H4,28,29,30). The number of aliphatic imine (C=N–C) groups is 1. The Morgan fingerprint density at radius 1 is 0.925 bits per heavy atom. The summed E-state index contributed by atoms with van der Waals surface area (Å²) in [5.41, 5.74) is 17.4. The quantitative estimate of drug-likeness (QED) is 0.0637. The predicted molar refractivity (Wildman–Crippen MR) is 156 cm³/mol. The van der Waals surface area contributed by atoms with Crippen molar-refractivity contribution in [3.8, 4) is 5.75 Å². The molecule has 4 unspecified atom stereocenters. The van der Waals surface area contributed by atoms with Gasteiger partial charge in [0, 0.05) is 6.54 Å². The fourth-order valence-corrected chi connectivity index (χ4v) is 4.24. The lowest BCUT2D eigenvalue weighted by Gasteiger charge is -2.26. The van der Waals surface area contributed by atoms with Crippen LogP contribution in [0.1, 0.15) is 45.1 Å². The van der Waals surface area contributed by atoms with Crippen molar-refractivity contribution in [3.05, 3.63) is 29.8 Å². The van der Waals surface area contributed by atoms with Crippen LogP contribution in [0.5, 0.6) is 5.75 Å². The fraction of sp³-hybridized carbons (Fsp3) is 0.577. The first-order valence-corrected chi connectivity index (χ1v) is 14.4. The maximum absolute atomic E-state index is 13.3. The molecule has 13 nitrogen and oxygen atoms in total. The van der Waals surface area contributed by atoms with Gasteiger partial charge in [-0.05, 0) is 67.7 Å². The molecule has 0 heterocycles. The van der Waals surface area contributed by atoms with Crippen LogP contribution in [-0.4, -0.2) is 82.6 Å². The third-order valence-electron chi connectivity index (χ3n) is 5.87. The van der Waals surface area contributed by atoms with Gasteiger partial charge in [-0.1, -0.05) is 26.0 Å². The average Bonchev–Trinajstić information content (AvgIpc) is 2.88. The number of amides is 3. The summed E-state index contributed by atoms with van der Waals surface area (Å²) in [4.78, 5) is 54.7. The second kappa shape index (κ2) is 17.9. The van der Waals surface area contributed by atoms with Crippen LogP contribution in [0.2, 0.25) is 0 Å². The van der Waals surface area contributed by atoms with E-state index in [4.69, 9.17) is 17.2 Å². The molecular formula is C26H43N7O6S. The Morgan fingerprint density at radius 3 is 2.05 bits per heavy atom. The van der Waals surface area contributed by atoms with Gasteiger partial charge in [-0.2, -0.15) is 11.8 Å². The summed E-state index contributed by atoms with van der Waals surface area (Å²) >= 11 is 1.47. The third kappa shape index (κ3) is 13.5. The topological polar surface area (TPSA) is 235 Å². The number of carboxylic acids is 1. The minimum atomic E-state index is -1.22. The van der Waals surface area contributed by atoms with Crippen LogP contribution in [0, 0.1) is 5.92 Å². The minimum absolute atomic E-state index is 0.0319. The minimum Gasteiger partial charge on any atom is -0.508 e. The molecule has 14 heteroatoms. The molecular weight excluding hydrogens is 538 g/mol. The van der Waals surface area contributed by atoms with Gasteiger partial charge in [-0.3, -0.25) is 19.4 Å². The first kappa shape index (κ1) is 34.5. The highest BCUT2D eigenvalue weighted by atomic mass is 32.2. The Morgan fingerprint density at radius 2 is 1.50 bits per heavy atom. The second-order valence-electron chi connectivity index (χ2n) is 9.86. The molecule has 0 aliphatic rings. The summed E-state index contributed by atoms with van der Waals surface area (Å²) < 4.78 is 0. The molecule has 4 atom stereocenters. The molecule has 1 aromatic rings. The Balaban J connectivity index is 2.92. The van der Waals surface area contributed by atoms with E-state index in [1.807, 2.05) is 20.1 Å². The van der Waals surface area contributed by atoms with Crippen LogP contribution < -0.4 is 33.2 Å². The number of aliphatic carboxylic acids is 1. The maximum Gasteiger partial charge on any atom is 0.326 e. The number of nitrogens with one attached hydrogen (secondary N) is 3. The van der Waals surface area contributed by atoms with Crippen molar-refractivity contribution >= 4 is 41.4 Å². The van der Waals surface area contributed by atoms with Gasteiger partial charge in [0.2, 0.25) is 17.7 Å². The van der Waals surface area contributed by atoms with Crippen molar-refractivity contribution < 1.29 is 29.4 Å². The number of rotatable bonds is 18. The number of benzene rings is 1. The van der Waals surface area contributed by atoms with Crippen molar-refractivity contribution in [2.24, 2.45) is 28.1 Å². The number of hydrogen-bond acceptors (Lipinski definition) is 8. The van der Waals surface area contributed by atoms with Crippen molar-refractivity contribution in [1.82, 2.24) is 16.0 Å². The number of nitrogens with zero attached hydrogens (tertiary/aromatic N) is 1. The lowest BCUT2D eigenvalue weighted by Crippen LogP contribution is -2.57. The molecule has 0 spiro atoms. The largest absolute Gasteiger partial charge is 0.508 e. The van der Waals surface area contributed by atoms with Crippen LogP contribution in [0.15, 0.2) is 29.3 Å². The molecule has 11 N–H and O–H groups in total. The molecule has 1 aromatic carbocycles. The van der Waals surface area contributed by atoms with Gasteiger partial charge < -0.3 is 43.4 Å². The highest BCUT2D eigenvalue weighted by molar-refractivity contribution is 7.98. The summed E-state index contributed by atoms with van der Waals surface area (Å²) in [6.45, 7) is 3.99. The molecule has 0 fully saturated rings. The van der Waals surface area contributed by atoms with Gasteiger partial charge >= 0.3 is 5.97 Å². The van der Waals surface area contributed by atoms with Crippen LogP contribution in [0.3, 0.4) is 0 Å². The molecule has 0 radical (unpaired) electrons. The normalized spacial score (nSPS) is 13.9. The van der Waals surface area contributed by atoms with Crippen molar-refractivity contribution in [1.29, 1.82) is 0 Å². The molecule has 0 aliphatic carbocycles. The number of aromatic hydroxyl groups is 1. The van der Waals surface area contributed by atoms with Crippen molar-refractivity contribution in [2.75, 3.05) is 18.6 Å². The second-order valence-corrected chi connectivity index (χ2v) is 10.8. The van der Waals surface area contributed by atoms with E-state index in [1.54, 1.807) is 12.1 Å². The van der Waals surface area contributed by atoms with Crippen LogP contribution >= 0.6 is 11.8 Å². The molecule has 3 amide bonds. The van der Waals surface area contributed by atoms with Gasteiger partial charge in [-0.15, -0.1) is 0 Å². The number of carbonyl (C=O) groups excluding carboxylic acids is 3. The summed E-state index contributed by atoms with van der Waals surface area (Å²) in [7, 11) is 0. The summed E-state index contributed by atoms with van der Waals surface area (Å²) in [5, 5.41) is 26.9. The number of phenolic OH excluding ortho intramolecular Hbond substituents is 1. The highest BCUT2D eigenvalue weighted by Crippen LogP contribution is 2.12. The first-order chi connectivity index (χ1) is 18.8. The van der Waals surface area contributed by atoms with Gasteiger partial charge in [0.15, 0.2) is 5.96 Å². The lowest BCUT2D eigenvalue weighted by molar-refractivity contribution is -0.142. The predicted octanol–water partition coefficient (Wildman–Crippen LogP) is -0.346. The monoisotopic (exact) mass is 581 g/mol. The Labute approximate surface area is 239 Å². The summed E-state index contributed by atoms with van der Waals surface area (Å²) in [6, 6.07) is 2.18. The zero-order chi connectivity index (χ0) is 30.2. The van der Waals surface area contributed by atoms with E-state index >= 15 is 0 Å². The number of guanidine groups is 1. The van der Waals surface area contributed by atoms with Gasteiger partial charge in [0.1, 0.15) is 23.9 Å². The zero-order valence-electron chi connectivity index (χ0n) is 23.3. The third-order valence-corrected chi connectivity index (χ3v) is 6.52. The molecule has 0 saturated carbocycles. The van der Waals surface area contributed by atoms with E-state index in [0.29, 0.717) is 18.6 Å².